The highest BCUT2D eigenvalue weighted by molar-refractivity contribution is 7.89. The van der Waals surface area contributed by atoms with Gasteiger partial charge in [-0.3, -0.25) is 5.10 Å². The Morgan fingerprint density at radius 1 is 1.55 bits per heavy atom. The van der Waals surface area contributed by atoms with Crippen LogP contribution >= 0.6 is 11.3 Å². The predicted molar refractivity (Wildman–Crippen MR) is 76.9 cm³/mol. The van der Waals surface area contributed by atoms with E-state index in [9.17, 15) is 13.5 Å². The third-order valence-electron chi connectivity index (χ3n) is 3.04. The number of aromatic amines is 1. The molecule has 0 aliphatic heterocycles. The van der Waals surface area contributed by atoms with E-state index in [-0.39, 0.29) is 17.7 Å². The van der Waals surface area contributed by atoms with Crippen molar-refractivity contribution in [3.63, 3.8) is 0 Å². The zero-order chi connectivity index (χ0) is 14.8. The molecule has 3 N–H and O–H groups in total. The smallest absolute Gasteiger partial charge is 0.260 e. The van der Waals surface area contributed by atoms with Gasteiger partial charge in [0.25, 0.3) is 10.0 Å². The Labute approximate surface area is 121 Å². The summed E-state index contributed by atoms with van der Waals surface area (Å²) >= 11 is 1.50. The van der Waals surface area contributed by atoms with Crippen molar-refractivity contribution >= 4 is 21.4 Å². The Bertz CT molecular complexity index is 662. The molecule has 6 nitrogen and oxygen atoms in total. The summed E-state index contributed by atoms with van der Waals surface area (Å²) in [7, 11) is -3.77. The van der Waals surface area contributed by atoms with Crippen LogP contribution in [0, 0.1) is 6.92 Å². The molecular formula is C12H17N3O3S2. The number of nitrogens with zero attached hydrogens (tertiary/aromatic N) is 1. The third kappa shape index (κ3) is 2.93. The first kappa shape index (κ1) is 15.2. The molecule has 2 aromatic rings. The van der Waals surface area contributed by atoms with Gasteiger partial charge in [-0.25, -0.2) is 13.1 Å². The topological polar surface area (TPSA) is 95.1 Å². The summed E-state index contributed by atoms with van der Waals surface area (Å²) < 4.78 is 27.4. The molecule has 0 radical (unpaired) electrons. The largest absolute Gasteiger partial charge is 0.392 e. The molecule has 0 fully saturated rings. The van der Waals surface area contributed by atoms with E-state index in [2.05, 4.69) is 14.9 Å². The first-order valence-electron chi connectivity index (χ1n) is 6.20. The highest BCUT2D eigenvalue weighted by Gasteiger charge is 2.26. The van der Waals surface area contributed by atoms with Gasteiger partial charge in [0.2, 0.25) is 0 Å². The van der Waals surface area contributed by atoms with E-state index >= 15 is 0 Å². The van der Waals surface area contributed by atoms with Gasteiger partial charge in [0.1, 0.15) is 0 Å². The lowest BCUT2D eigenvalue weighted by Gasteiger charge is -2.15. The fourth-order valence-corrected chi connectivity index (χ4v) is 4.34. The summed E-state index contributed by atoms with van der Waals surface area (Å²) in [6.07, 6.45) is 0.637. The number of nitrogens with one attached hydrogen (secondary N) is 2. The maximum atomic E-state index is 12.4. The van der Waals surface area contributed by atoms with Crippen LogP contribution in [0.15, 0.2) is 22.5 Å². The van der Waals surface area contributed by atoms with Crippen molar-refractivity contribution < 1.29 is 13.5 Å². The average Bonchev–Trinajstić information content (AvgIpc) is 3.05. The van der Waals surface area contributed by atoms with E-state index in [1.807, 2.05) is 24.4 Å². The molecule has 0 saturated carbocycles. The van der Waals surface area contributed by atoms with Crippen molar-refractivity contribution in [2.75, 3.05) is 0 Å². The van der Waals surface area contributed by atoms with Crippen LogP contribution in [0.4, 0.5) is 0 Å². The lowest BCUT2D eigenvalue weighted by atomic mass is 10.2. The van der Waals surface area contributed by atoms with Gasteiger partial charge in [0.15, 0.2) is 5.03 Å². The molecule has 0 amide bonds. The van der Waals surface area contributed by atoms with Gasteiger partial charge >= 0.3 is 0 Å². The molecule has 0 aliphatic carbocycles. The molecule has 1 unspecified atom stereocenters. The van der Waals surface area contributed by atoms with E-state index in [4.69, 9.17) is 0 Å². The van der Waals surface area contributed by atoms with Gasteiger partial charge < -0.3 is 5.11 Å². The van der Waals surface area contributed by atoms with Crippen molar-refractivity contribution in [1.29, 1.82) is 0 Å². The van der Waals surface area contributed by atoms with Crippen LogP contribution in [-0.2, 0) is 16.6 Å². The summed E-state index contributed by atoms with van der Waals surface area (Å²) in [6, 6.07) is 3.49. The number of aliphatic hydroxyl groups is 1. The monoisotopic (exact) mass is 315 g/mol. The van der Waals surface area contributed by atoms with E-state index in [0.29, 0.717) is 17.7 Å². The van der Waals surface area contributed by atoms with Crippen molar-refractivity contribution in [2.45, 2.75) is 37.9 Å². The van der Waals surface area contributed by atoms with E-state index in [1.165, 1.54) is 11.3 Å². The summed E-state index contributed by atoms with van der Waals surface area (Å²) in [5.74, 6) is 0. The first-order valence-corrected chi connectivity index (χ1v) is 8.56. The minimum Gasteiger partial charge on any atom is -0.392 e. The number of sulfonamides is 1. The second-order valence-electron chi connectivity index (χ2n) is 4.39. The normalized spacial score (nSPS) is 13.6. The number of hydrogen-bond acceptors (Lipinski definition) is 5. The van der Waals surface area contributed by atoms with E-state index in [1.54, 1.807) is 6.92 Å². The van der Waals surface area contributed by atoms with Crippen molar-refractivity contribution in [1.82, 2.24) is 14.9 Å². The number of aliphatic hydroxyl groups excluding tert-OH is 1. The van der Waals surface area contributed by atoms with Crippen LogP contribution in [0.3, 0.4) is 0 Å². The van der Waals surface area contributed by atoms with Gasteiger partial charge in [-0.2, -0.15) is 5.10 Å². The van der Waals surface area contributed by atoms with Crippen LogP contribution in [-0.4, -0.2) is 23.7 Å². The summed E-state index contributed by atoms with van der Waals surface area (Å²) in [5.41, 5.74) is 0.857. The highest BCUT2D eigenvalue weighted by atomic mass is 32.2. The molecule has 0 saturated heterocycles. The van der Waals surface area contributed by atoms with Gasteiger partial charge in [-0.15, -0.1) is 11.3 Å². The van der Waals surface area contributed by atoms with Crippen LogP contribution in [0.25, 0.3) is 0 Å². The fourth-order valence-electron chi connectivity index (χ4n) is 1.91. The van der Waals surface area contributed by atoms with Gasteiger partial charge in [0, 0.05) is 16.1 Å². The number of H-pyrrole nitrogens is 1. The standard InChI is InChI=1S/C12H17N3O3S2/c1-3-10(11-5-4-6-19-11)15-20(17,18)12-9(7-16)8(2)13-14-12/h4-6,10,15-16H,3,7H2,1-2H3,(H,13,14). The Morgan fingerprint density at radius 3 is 2.85 bits per heavy atom. The van der Waals surface area contributed by atoms with E-state index < -0.39 is 10.0 Å². The zero-order valence-corrected chi connectivity index (χ0v) is 12.9. The fraction of sp³-hybridized carbons (Fsp3) is 0.417. The number of hydrogen-bond donors (Lipinski definition) is 3. The Morgan fingerprint density at radius 2 is 2.30 bits per heavy atom. The Kier molecular flexibility index (Phi) is 4.59. The summed E-state index contributed by atoms with van der Waals surface area (Å²) in [4.78, 5) is 0.953. The molecule has 2 heterocycles. The molecule has 20 heavy (non-hydrogen) atoms. The van der Waals surface area contributed by atoms with Crippen LogP contribution in [0.1, 0.15) is 35.5 Å². The number of aromatic nitrogens is 2. The molecule has 0 bridgehead atoms. The van der Waals surface area contributed by atoms with Crippen LogP contribution in [0.2, 0.25) is 0 Å². The molecule has 0 aromatic carbocycles. The second kappa shape index (κ2) is 6.04. The van der Waals surface area contributed by atoms with Crippen LogP contribution < -0.4 is 4.72 Å². The first-order chi connectivity index (χ1) is 9.49. The molecule has 2 aromatic heterocycles. The molecule has 1 atom stereocenters. The molecule has 0 spiro atoms. The van der Waals surface area contributed by atoms with Crippen molar-refractivity contribution in [2.24, 2.45) is 0 Å². The lowest BCUT2D eigenvalue weighted by molar-refractivity contribution is 0.277. The van der Waals surface area contributed by atoms with E-state index in [0.717, 1.165) is 4.88 Å². The Balaban J connectivity index is 2.31. The minimum atomic E-state index is -3.77. The Hall–Kier alpha value is -1.22. The number of aryl methyl sites for hydroxylation is 1. The molecule has 0 aliphatic rings. The predicted octanol–water partition coefficient (Wildman–Crippen LogP) is 1.70. The third-order valence-corrected chi connectivity index (χ3v) is 5.47. The molecule has 8 heteroatoms. The number of rotatable bonds is 6. The van der Waals surface area contributed by atoms with Gasteiger partial charge in [0.05, 0.1) is 12.6 Å². The van der Waals surface area contributed by atoms with Crippen molar-refractivity contribution in [3.8, 4) is 0 Å². The number of thiophene rings is 1. The summed E-state index contributed by atoms with van der Waals surface area (Å²) in [5, 5.41) is 17.4. The second-order valence-corrected chi connectivity index (χ2v) is 7.00. The van der Waals surface area contributed by atoms with Gasteiger partial charge in [-0.1, -0.05) is 13.0 Å². The molecule has 110 valence electrons. The highest BCUT2D eigenvalue weighted by Crippen LogP contribution is 2.25. The minimum absolute atomic E-state index is 0.132. The quantitative estimate of drug-likeness (QED) is 0.756. The SMILES string of the molecule is CCC(NS(=O)(=O)c1n[nH]c(C)c1CO)c1cccs1. The maximum absolute atomic E-state index is 12.4. The van der Waals surface area contributed by atoms with Crippen LogP contribution in [0.5, 0.6) is 0 Å². The molecule has 2 rings (SSSR count). The van der Waals surface area contributed by atoms with Crippen molar-refractivity contribution in [3.05, 3.63) is 33.6 Å². The lowest BCUT2D eigenvalue weighted by Crippen LogP contribution is -2.29. The maximum Gasteiger partial charge on any atom is 0.260 e. The zero-order valence-electron chi connectivity index (χ0n) is 11.3. The summed E-state index contributed by atoms with van der Waals surface area (Å²) in [6.45, 7) is 3.22. The molecular weight excluding hydrogens is 298 g/mol. The average molecular weight is 315 g/mol. The van der Waals surface area contributed by atoms with Gasteiger partial charge in [-0.05, 0) is 24.8 Å².